The first kappa shape index (κ1) is 16.5. The van der Waals surface area contributed by atoms with Gasteiger partial charge in [0.05, 0.1) is 5.69 Å². The number of rotatable bonds is 6. The molecule has 0 radical (unpaired) electrons. The molecule has 0 aliphatic heterocycles. The summed E-state index contributed by atoms with van der Waals surface area (Å²) in [5.74, 6) is -0.764. The quantitative estimate of drug-likeness (QED) is 0.855. The van der Waals surface area contributed by atoms with Gasteiger partial charge in [0, 0.05) is 37.3 Å². The van der Waals surface area contributed by atoms with Crippen molar-refractivity contribution in [3.05, 3.63) is 48.3 Å². The summed E-state index contributed by atoms with van der Waals surface area (Å²) in [5.41, 5.74) is 1.47. The number of carbonyl (C=O) groups excluding carboxylic acids is 1. The van der Waals surface area contributed by atoms with E-state index in [-0.39, 0.29) is 18.4 Å². The van der Waals surface area contributed by atoms with Crippen LogP contribution in [0.3, 0.4) is 0 Å². The van der Waals surface area contributed by atoms with Crippen LogP contribution in [0, 0.1) is 5.92 Å². The number of nitrogens with one attached hydrogen (secondary N) is 1. The second-order valence-electron chi connectivity index (χ2n) is 5.80. The number of aryl methyl sites for hydroxylation is 1. The third-order valence-corrected chi connectivity index (χ3v) is 5.73. The Morgan fingerprint density at radius 2 is 2.04 bits per heavy atom. The van der Waals surface area contributed by atoms with Gasteiger partial charge in [-0.1, -0.05) is 18.2 Å². The van der Waals surface area contributed by atoms with Crippen LogP contribution in [0.1, 0.15) is 25.0 Å². The lowest BCUT2D eigenvalue weighted by Gasteiger charge is -2.22. The van der Waals surface area contributed by atoms with Crippen LogP contribution in [0.25, 0.3) is 0 Å². The number of hydrogen-bond donors (Lipinski definition) is 1. The Morgan fingerprint density at radius 1 is 1.33 bits per heavy atom. The lowest BCUT2D eigenvalue weighted by molar-refractivity contribution is -0.120. The summed E-state index contributed by atoms with van der Waals surface area (Å²) in [4.78, 5) is 12.3. The van der Waals surface area contributed by atoms with E-state index in [1.54, 1.807) is 42.1 Å². The molecule has 1 heterocycles. The van der Waals surface area contributed by atoms with Gasteiger partial charge in [-0.2, -0.15) is 13.5 Å². The van der Waals surface area contributed by atoms with E-state index in [0.717, 1.165) is 5.69 Å². The first-order chi connectivity index (χ1) is 11.4. The van der Waals surface area contributed by atoms with E-state index in [9.17, 15) is 13.2 Å². The van der Waals surface area contributed by atoms with Crippen LogP contribution in [0.4, 0.5) is 5.69 Å². The molecule has 3 rings (SSSR count). The average molecular weight is 348 g/mol. The Morgan fingerprint density at radius 3 is 2.62 bits per heavy atom. The SMILES string of the molecule is CCN(c1ccccc1)S(=O)(=O)NC(=O)[C@@H]1C[C@H]1c1ccnn1C. The minimum absolute atomic E-state index is 0.0273. The zero-order chi connectivity index (χ0) is 17.3. The average Bonchev–Trinajstić information content (AvgIpc) is 3.23. The zero-order valence-corrected chi connectivity index (χ0v) is 14.4. The van der Waals surface area contributed by atoms with Gasteiger partial charge in [-0.25, -0.2) is 4.72 Å². The van der Waals surface area contributed by atoms with E-state index < -0.39 is 16.1 Å². The van der Waals surface area contributed by atoms with E-state index in [1.165, 1.54) is 4.31 Å². The molecule has 1 fully saturated rings. The van der Waals surface area contributed by atoms with Crippen molar-refractivity contribution in [2.45, 2.75) is 19.3 Å². The molecule has 1 amide bonds. The molecule has 0 saturated heterocycles. The highest BCUT2D eigenvalue weighted by atomic mass is 32.2. The Kier molecular flexibility index (Phi) is 4.31. The maximum Gasteiger partial charge on any atom is 0.326 e. The van der Waals surface area contributed by atoms with Crippen LogP contribution < -0.4 is 9.03 Å². The molecule has 1 aliphatic rings. The van der Waals surface area contributed by atoms with Crippen molar-refractivity contribution < 1.29 is 13.2 Å². The van der Waals surface area contributed by atoms with Crippen LogP contribution in [-0.2, 0) is 22.1 Å². The third kappa shape index (κ3) is 3.14. The van der Waals surface area contributed by atoms with Crippen molar-refractivity contribution in [2.24, 2.45) is 13.0 Å². The molecule has 1 aromatic heterocycles. The minimum atomic E-state index is -3.92. The number of aromatic nitrogens is 2. The molecule has 1 aliphatic carbocycles. The number of para-hydroxylation sites is 1. The van der Waals surface area contributed by atoms with Gasteiger partial charge in [0.2, 0.25) is 5.91 Å². The number of anilines is 1. The fourth-order valence-corrected chi connectivity index (χ4v) is 4.16. The van der Waals surface area contributed by atoms with Crippen molar-refractivity contribution in [1.82, 2.24) is 14.5 Å². The second-order valence-corrected chi connectivity index (χ2v) is 7.40. The molecule has 8 heteroatoms. The van der Waals surface area contributed by atoms with Gasteiger partial charge < -0.3 is 0 Å². The predicted octanol–water partition coefficient (Wildman–Crippen LogP) is 1.41. The highest BCUT2D eigenvalue weighted by molar-refractivity contribution is 7.91. The van der Waals surface area contributed by atoms with E-state index in [2.05, 4.69) is 9.82 Å². The molecule has 24 heavy (non-hydrogen) atoms. The molecule has 128 valence electrons. The highest BCUT2D eigenvalue weighted by Crippen LogP contribution is 2.47. The van der Waals surface area contributed by atoms with E-state index in [4.69, 9.17) is 0 Å². The smallest absolute Gasteiger partial charge is 0.274 e. The van der Waals surface area contributed by atoms with Gasteiger partial charge in [0.25, 0.3) is 0 Å². The summed E-state index contributed by atoms with van der Waals surface area (Å²) in [6.45, 7) is 1.97. The first-order valence-corrected chi connectivity index (χ1v) is 9.25. The van der Waals surface area contributed by atoms with Crippen LogP contribution in [0.15, 0.2) is 42.6 Å². The normalized spacial score (nSPS) is 19.8. The third-order valence-electron chi connectivity index (χ3n) is 4.22. The van der Waals surface area contributed by atoms with Crippen LogP contribution in [0.5, 0.6) is 0 Å². The van der Waals surface area contributed by atoms with Crippen LogP contribution in [0.2, 0.25) is 0 Å². The van der Waals surface area contributed by atoms with Crippen LogP contribution >= 0.6 is 0 Å². The minimum Gasteiger partial charge on any atom is -0.274 e. The number of benzene rings is 1. The lowest BCUT2D eigenvalue weighted by atomic mass is 10.2. The van der Waals surface area contributed by atoms with Crippen molar-refractivity contribution in [3.63, 3.8) is 0 Å². The summed E-state index contributed by atoms with van der Waals surface area (Å²) in [7, 11) is -2.11. The summed E-state index contributed by atoms with van der Waals surface area (Å²) in [6, 6.07) is 10.6. The Labute approximate surface area is 141 Å². The van der Waals surface area contributed by atoms with Crippen LogP contribution in [-0.4, -0.2) is 30.7 Å². The first-order valence-electron chi connectivity index (χ1n) is 7.81. The maximum absolute atomic E-state index is 12.5. The van der Waals surface area contributed by atoms with Gasteiger partial charge in [-0.3, -0.25) is 13.8 Å². The predicted molar refractivity (Wildman–Crippen MR) is 90.6 cm³/mol. The van der Waals surface area contributed by atoms with E-state index >= 15 is 0 Å². The van der Waals surface area contributed by atoms with Gasteiger partial charge in [0.15, 0.2) is 0 Å². The Balaban J connectivity index is 1.71. The maximum atomic E-state index is 12.5. The molecule has 1 N–H and O–H groups in total. The van der Waals surface area contributed by atoms with Gasteiger partial charge in [-0.15, -0.1) is 0 Å². The molecule has 2 aromatic rings. The lowest BCUT2D eigenvalue weighted by Crippen LogP contribution is -2.44. The topological polar surface area (TPSA) is 84.3 Å². The molecule has 7 nitrogen and oxygen atoms in total. The van der Waals surface area contributed by atoms with Crippen molar-refractivity contribution >= 4 is 21.8 Å². The van der Waals surface area contributed by atoms with Gasteiger partial charge in [0.1, 0.15) is 0 Å². The molecular weight excluding hydrogens is 328 g/mol. The second kappa shape index (κ2) is 6.27. The summed E-state index contributed by atoms with van der Waals surface area (Å²) < 4.78 is 30.2. The largest absolute Gasteiger partial charge is 0.326 e. The molecule has 0 bridgehead atoms. The van der Waals surface area contributed by atoms with Crippen molar-refractivity contribution in [1.29, 1.82) is 0 Å². The molecule has 0 unspecified atom stereocenters. The zero-order valence-electron chi connectivity index (χ0n) is 13.6. The monoisotopic (exact) mass is 348 g/mol. The Hall–Kier alpha value is -2.35. The van der Waals surface area contributed by atoms with E-state index in [0.29, 0.717) is 12.1 Å². The fourth-order valence-electron chi connectivity index (χ4n) is 2.90. The van der Waals surface area contributed by atoms with E-state index in [1.807, 2.05) is 19.2 Å². The molecular formula is C16H20N4O3S. The van der Waals surface area contributed by atoms with Gasteiger partial charge >= 0.3 is 10.2 Å². The molecule has 1 saturated carbocycles. The van der Waals surface area contributed by atoms with Crippen molar-refractivity contribution in [3.8, 4) is 0 Å². The molecule has 1 aromatic carbocycles. The fraction of sp³-hybridized carbons (Fsp3) is 0.375. The van der Waals surface area contributed by atoms with Gasteiger partial charge in [-0.05, 0) is 31.5 Å². The standard InChI is InChI=1S/C16H20N4O3S/c1-3-20(12-7-5-4-6-8-12)24(22,23)18-16(21)14-11-13(14)15-9-10-17-19(15)2/h4-10,13-14H,3,11H2,1-2H3,(H,18,21)/t13-,14-/m1/s1. The number of amides is 1. The molecule has 2 atom stereocenters. The summed E-state index contributed by atoms with van der Waals surface area (Å²) in [5, 5.41) is 4.09. The number of carbonyl (C=O) groups is 1. The number of hydrogen-bond acceptors (Lipinski definition) is 4. The van der Waals surface area contributed by atoms with Crippen molar-refractivity contribution in [2.75, 3.05) is 10.8 Å². The highest BCUT2D eigenvalue weighted by Gasteiger charge is 2.46. The Bertz CT molecular complexity index is 832. The summed E-state index contributed by atoms with van der Waals surface area (Å²) in [6.07, 6.45) is 2.31. The number of nitrogens with zero attached hydrogens (tertiary/aromatic N) is 3. The molecule has 0 spiro atoms. The summed E-state index contributed by atoms with van der Waals surface area (Å²) >= 11 is 0.